The first-order chi connectivity index (χ1) is 16.2. The van der Waals surface area contributed by atoms with Gasteiger partial charge >= 0.3 is 5.97 Å². The molecule has 33 heavy (non-hydrogen) atoms. The van der Waals surface area contributed by atoms with Crippen LogP contribution in [-0.2, 0) is 9.53 Å². The van der Waals surface area contributed by atoms with Crippen molar-refractivity contribution in [2.24, 2.45) is 5.92 Å². The summed E-state index contributed by atoms with van der Waals surface area (Å²) in [6, 6.07) is 0. The monoisotopic (exact) mass is 466 g/mol. The molecule has 0 aromatic rings. The molecule has 0 aromatic heterocycles. The Balaban J connectivity index is 3.54. The summed E-state index contributed by atoms with van der Waals surface area (Å²) < 4.78 is 5.31. The van der Waals surface area contributed by atoms with Gasteiger partial charge in [0.15, 0.2) is 0 Å². The molecule has 0 aliphatic rings. The van der Waals surface area contributed by atoms with E-state index in [1.54, 1.807) is 0 Å². The number of rotatable bonds is 26. The van der Waals surface area contributed by atoms with E-state index in [0.29, 0.717) is 25.6 Å². The molecule has 1 atom stereocenters. The number of esters is 1. The van der Waals surface area contributed by atoms with Crippen molar-refractivity contribution in [3.63, 3.8) is 0 Å². The van der Waals surface area contributed by atoms with Crippen LogP contribution in [0.3, 0.4) is 0 Å². The second-order valence-corrected chi connectivity index (χ2v) is 9.95. The van der Waals surface area contributed by atoms with Gasteiger partial charge in [0.1, 0.15) is 6.61 Å². The van der Waals surface area contributed by atoms with Crippen LogP contribution in [0.15, 0.2) is 12.2 Å². The van der Waals surface area contributed by atoms with Crippen molar-refractivity contribution < 1.29 is 14.6 Å². The molecule has 0 fully saturated rings. The van der Waals surface area contributed by atoms with Gasteiger partial charge in [-0.15, -0.1) is 0 Å². The van der Waals surface area contributed by atoms with Gasteiger partial charge in [-0.2, -0.15) is 0 Å². The molecule has 0 spiro atoms. The minimum absolute atomic E-state index is 0.0590. The van der Waals surface area contributed by atoms with Gasteiger partial charge in [-0.25, -0.2) is 0 Å². The van der Waals surface area contributed by atoms with E-state index in [-0.39, 0.29) is 5.97 Å². The number of hydrogen-bond donors (Lipinski definition) is 1. The largest absolute Gasteiger partial charge is 0.461 e. The first-order valence-corrected chi connectivity index (χ1v) is 14.7. The number of ether oxygens (including phenoxy) is 1. The molecule has 0 rings (SSSR count). The summed E-state index contributed by atoms with van der Waals surface area (Å²) in [5.74, 6) is 0.620. The van der Waals surface area contributed by atoms with Gasteiger partial charge in [0.25, 0.3) is 0 Å². The third-order valence-corrected chi connectivity index (χ3v) is 6.73. The molecule has 1 unspecified atom stereocenters. The van der Waals surface area contributed by atoms with Crippen LogP contribution < -0.4 is 0 Å². The SMILES string of the molecule is CCCCCCCCC=CCOC(=O)CCCCCCC(CCO)CCCCCCCCC. The summed E-state index contributed by atoms with van der Waals surface area (Å²) in [6.45, 7) is 5.26. The molecule has 0 bridgehead atoms. The predicted octanol–water partition coefficient (Wildman–Crippen LogP) is 9.32. The van der Waals surface area contributed by atoms with Gasteiger partial charge in [0.05, 0.1) is 0 Å². The number of carbonyl (C=O) groups is 1. The maximum Gasteiger partial charge on any atom is 0.306 e. The van der Waals surface area contributed by atoms with E-state index < -0.39 is 0 Å². The molecular weight excluding hydrogens is 408 g/mol. The topological polar surface area (TPSA) is 46.5 Å². The lowest BCUT2D eigenvalue weighted by Crippen LogP contribution is -2.05. The van der Waals surface area contributed by atoms with E-state index in [1.807, 2.05) is 6.08 Å². The quantitative estimate of drug-likeness (QED) is 0.0784. The van der Waals surface area contributed by atoms with Crippen molar-refractivity contribution in [2.75, 3.05) is 13.2 Å². The Morgan fingerprint density at radius 3 is 1.76 bits per heavy atom. The van der Waals surface area contributed by atoms with Crippen molar-refractivity contribution in [1.29, 1.82) is 0 Å². The molecule has 0 amide bonds. The first kappa shape index (κ1) is 32.2. The minimum atomic E-state index is -0.0590. The van der Waals surface area contributed by atoms with Crippen LogP contribution >= 0.6 is 0 Å². The van der Waals surface area contributed by atoms with E-state index in [4.69, 9.17) is 4.74 Å². The Morgan fingerprint density at radius 1 is 0.667 bits per heavy atom. The average molecular weight is 467 g/mol. The highest BCUT2D eigenvalue weighted by atomic mass is 16.5. The van der Waals surface area contributed by atoms with Crippen molar-refractivity contribution in [3.8, 4) is 0 Å². The molecule has 0 radical (unpaired) electrons. The maximum absolute atomic E-state index is 11.9. The van der Waals surface area contributed by atoms with Crippen LogP contribution in [0.2, 0.25) is 0 Å². The fourth-order valence-corrected chi connectivity index (χ4v) is 4.50. The average Bonchev–Trinajstić information content (AvgIpc) is 2.81. The highest BCUT2D eigenvalue weighted by Crippen LogP contribution is 2.21. The van der Waals surface area contributed by atoms with Gasteiger partial charge < -0.3 is 9.84 Å². The fourth-order valence-electron chi connectivity index (χ4n) is 4.50. The van der Waals surface area contributed by atoms with Crippen molar-refractivity contribution >= 4 is 5.97 Å². The number of carbonyl (C=O) groups excluding carboxylic acids is 1. The predicted molar refractivity (Wildman–Crippen MR) is 144 cm³/mol. The van der Waals surface area contributed by atoms with E-state index in [2.05, 4.69) is 19.9 Å². The third kappa shape index (κ3) is 25.6. The van der Waals surface area contributed by atoms with Crippen LogP contribution in [0.25, 0.3) is 0 Å². The summed E-state index contributed by atoms with van der Waals surface area (Å²) in [5.41, 5.74) is 0. The number of aliphatic hydroxyl groups excluding tert-OH is 1. The van der Waals surface area contributed by atoms with E-state index >= 15 is 0 Å². The summed E-state index contributed by atoms with van der Waals surface area (Å²) in [5, 5.41) is 9.35. The van der Waals surface area contributed by atoms with Crippen molar-refractivity contribution in [2.45, 2.75) is 155 Å². The van der Waals surface area contributed by atoms with E-state index in [9.17, 15) is 9.90 Å². The molecule has 0 aliphatic carbocycles. The zero-order chi connectivity index (χ0) is 24.2. The normalized spacial score (nSPS) is 12.5. The summed E-state index contributed by atoms with van der Waals surface area (Å²) in [6.07, 6.45) is 31.1. The number of hydrogen-bond acceptors (Lipinski definition) is 3. The molecule has 3 heteroatoms. The zero-order valence-corrected chi connectivity index (χ0v) is 22.5. The molecule has 0 saturated heterocycles. The Morgan fingerprint density at radius 2 is 1.18 bits per heavy atom. The lowest BCUT2D eigenvalue weighted by atomic mass is 9.92. The molecule has 0 saturated carbocycles. The Bertz CT molecular complexity index is 419. The van der Waals surface area contributed by atoms with Gasteiger partial charge in [-0.05, 0) is 31.6 Å². The van der Waals surface area contributed by atoms with Crippen LogP contribution in [0.4, 0.5) is 0 Å². The molecule has 0 heterocycles. The van der Waals surface area contributed by atoms with Gasteiger partial charge in [-0.1, -0.05) is 135 Å². The van der Waals surface area contributed by atoms with Crippen LogP contribution in [0, 0.1) is 5.92 Å². The maximum atomic E-state index is 11.9. The number of unbranched alkanes of at least 4 members (excludes halogenated alkanes) is 15. The smallest absolute Gasteiger partial charge is 0.306 e. The Kier molecular flexibility index (Phi) is 26.7. The second-order valence-electron chi connectivity index (χ2n) is 9.95. The Labute approximate surface area is 207 Å². The van der Waals surface area contributed by atoms with Crippen LogP contribution in [0.5, 0.6) is 0 Å². The summed E-state index contributed by atoms with van der Waals surface area (Å²) in [7, 11) is 0. The molecule has 3 nitrogen and oxygen atoms in total. The number of aliphatic hydroxyl groups is 1. The van der Waals surface area contributed by atoms with Crippen molar-refractivity contribution in [3.05, 3.63) is 12.2 Å². The lowest BCUT2D eigenvalue weighted by Gasteiger charge is -2.15. The van der Waals surface area contributed by atoms with E-state index in [1.165, 1.54) is 109 Å². The zero-order valence-electron chi connectivity index (χ0n) is 22.5. The molecule has 1 N–H and O–H groups in total. The summed E-state index contributed by atoms with van der Waals surface area (Å²) >= 11 is 0. The second kappa shape index (κ2) is 27.4. The van der Waals surface area contributed by atoms with Crippen molar-refractivity contribution in [1.82, 2.24) is 0 Å². The standard InChI is InChI=1S/C30H58O3/c1-3-5-7-9-11-12-14-18-22-28-33-30(32)25-21-17-16-20-24-29(26-27-31)23-19-15-13-10-8-6-4-2/h18,22,29,31H,3-17,19-21,23-28H2,1-2H3. The molecule has 196 valence electrons. The van der Waals surface area contributed by atoms with Crippen LogP contribution in [-0.4, -0.2) is 24.3 Å². The summed E-state index contributed by atoms with van der Waals surface area (Å²) in [4.78, 5) is 11.9. The minimum Gasteiger partial charge on any atom is -0.461 e. The van der Waals surface area contributed by atoms with Gasteiger partial charge in [0, 0.05) is 13.0 Å². The lowest BCUT2D eigenvalue weighted by molar-refractivity contribution is -0.142. The highest BCUT2D eigenvalue weighted by molar-refractivity contribution is 5.69. The molecule has 0 aromatic carbocycles. The van der Waals surface area contributed by atoms with Crippen LogP contribution in [0.1, 0.15) is 155 Å². The first-order valence-electron chi connectivity index (χ1n) is 14.7. The Hall–Kier alpha value is -0.830. The van der Waals surface area contributed by atoms with Gasteiger partial charge in [-0.3, -0.25) is 4.79 Å². The fraction of sp³-hybridized carbons (Fsp3) is 0.900. The number of allylic oxidation sites excluding steroid dienone is 1. The van der Waals surface area contributed by atoms with E-state index in [0.717, 1.165) is 25.7 Å². The highest BCUT2D eigenvalue weighted by Gasteiger charge is 2.08. The molecular formula is C30H58O3. The van der Waals surface area contributed by atoms with Gasteiger partial charge in [0.2, 0.25) is 0 Å². The third-order valence-electron chi connectivity index (χ3n) is 6.73. The molecule has 0 aliphatic heterocycles.